The van der Waals surface area contributed by atoms with Crippen molar-refractivity contribution < 1.29 is 23.3 Å². The first-order valence-corrected chi connectivity index (χ1v) is 9.54. The van der Waals surface area contributed by atoms with Crippen molar-refractivity contribution in [3.05, 3.63) is 84.2 Å². The molecular formula is C22H26N3O4+. The number of rotatable bonds is 9. The lowest BCUT2D eigenvalue weighted by molar-refractivity contribution is -0.891. The second kappa shape index (κ2) is 9.75. The Labute approximate surface area is 169 Å². The van der Waals surface area contributed by atoms with Crippen molar-refractivity contribution in [1.29, 1.82) is 0 Å². The average molecular weight is 396 g/mol. The molecule has 0 unspecified atom stereocenters. The van der Waals surface area contributed by atoms with Gasteiger partial charge in [-0.2, -0.15) is 0 Å². The smallest absolute Gasteiger partial charge is 0.287 e. The van der Waals surface area contributed by atoms with Crippen molar-refractivity contribution in [3.8, 4) is 0 Å². The van der Waals surface area contributed by atoms with E-state index in [0.29, 0.717) is 13.0 Å². The van der Waals surface area contributed by atoms with Gasteiger partial charge in [0.05, 0.1) is 33.2 Å². The largest absolute Gasteiger partial charge is 0.463 e. The van der Waals surface area contributed by atoms with Crippen molar-refractivity contribution in [2.24, 2.45) is 0 Å². The van der Waals surface area contributed by atoms with E-state index in [-0.39, 0.29) is 17.7 Å². The molecule has 152 valence electrons. The summed E-state index contributed by atoms with van der Waals surface area (Å²) in [5.74, 6) is 0.282. The fraction of sp³-hybridized carbons (Fsp3) is 0.273. The van der Waals surface area contributed by atoms with Gasteiger partial charge in [0.15, 0.2) is 17.6 Å². The van der Waals surface area contributed by atoms with Crippen molar-refractivity contribution in [2.75, 3.05) is 20.6 Å². The third kappa shape index (κ3) is 5.58. The van der Waals surface area contributed by atoms with Gasteiger partial charge in [0.2, 0.25) is 5.91 Å². The zero-order valence-corrected chi connectivity index (χ0v) is 16.6. The summed E-state index contributed by atoms with van der Waals surface area (Å²) in [7, 11) is 4.00. The fourth-order valence-electron chi connectivity index (χ4n) is 3.10. The number of amides is 2. The monoisotopic (exact) mass is 396 g/mol. The van der Waals surface area contributed by atoms with Gasteiger partial charge in [-0.15, -0.1) is 0 Å². The van der Waals surface area contributed by atoms with Crippen LogP contribution in [0.1, 0.15) is 27.9 Å². The number of nitrogens with one attached hydrogen (secondary N) is 3. The summed E-state index contributed by atoms with van der Waals surface area (Å²) in [5, 5.41) is 5.74. The molecule has 0 saturated heterocycles. The fourth-order valence-corrected chi connectivity index (χ4v) is 3.10. The molecule has 0 radical (unpaired) electrons. The number of likely N-dealkylation sites (N-methyl/N-ethyl adjacent to an activating group) is 1. The molecule has 7 nitrogen and oxygen atoms in total. The summed E-state index contributed by atoms with van der Waals surface area (Å²) < 4.78 is 10.6. The van der Waals surface area contributed by atoms with Crippen molar-refractivity contribution in [2.45, 2.75) is 18.5 Å². The summed E-state index contributed by atoms with van der Waals surface area (Å²) in [4.78, 5) is 26.5. The molecule has 2 amide bonds. The van der Waals surface area contributed by atoms with Gasteiger partial charge in [-0.25, -0.2) is 0 Å². The minimum atomic E-state index is -0.732. The minimum Gasteiger partial charge on any atom is -0.463 e. The van der Waals surface area contributed by atoms with Gasteiger partial charge in [-0.05, 0) is 29.8 Å². The Morgan fingerprint density at radius 3 is 2.31 bits per heavy atom. The molecule has 0 aliphatic heterocycles. The predicted molar refractivity (Wildman–Crippen MR) is 107 cm³/mol. The van der Waals surface area contributed by atoms with Crippen LogP contribution in [0.25, 0.3) is 0 Å². The number of hydrogen-bond acceptors (Lipinski definition) is 4. The first kappa shape index (κ1) is 20.4. The van der Waals surface area contributed by atoms with E-state index in [1.54, 1.807) is 18.4 Å². The second-order valence-electron chi connectivity index (χ2n) is 7.08. The SMILES string of the molecule is C[NH+](C)[C@H](CNC(=O)[C@H](Cc1ccccc1)NC(=O)c1ccco1)c1ccco1. The molecule has 0 aliphatic carbocycles. The van der Waals surface area contributed by atoms with Crippen molar-refractivity contribution in [1.82, 2.24) is 10.6 Å². The van der Waals surface area contributed by atoms with E-state index in [0.717, 1.165) is 16.2 Å². The van der Waals surface area contributed by atoms with Gasteiger partial charge in [0.1, 0.15) is 6.04 Å². The van der Waals surface area contributed by atoms with E-state index in [2.05, 4.69) is 10.6 Å². The van der Waals surface area contributed by atoms with Crippen LogP contribution in [0, 0.1) is 0 Å². The minimum absolute atomic E-state index is 0.0351. The van der Waals surface area contributed by atoms with Crippen molar-refractivity contribution in [3.63, 3.8) is 0 Å². The van der Waals surface area contributed by atoms with E-state index >= 15 is 0 Å². The molecule has 0 aliphatic rings. The van der Waals surface area contributed by atoms with E-state index < -0.39 is 11.9 Å². The molecule has 0 fully saturated rings. The molecule has 3 aromatic rings. The van der Waals surface area contributed by atoms with Gasteiger partial charge >= 0.3 is 0 Å². The summed E-state index contributed by atoms with van der Waals surface area (Å²) in [6.45, 7) is 0.386. The van der Waals surface area contributed by atoms with Crippen LogP contribution >= 0.6 is 0 Å². The lowest BCUT2D eigenvalue weighted by Gasteiger charge is -2.22. The molecule has 2 aromatic heterocycles. The first-order chi connectivity index (χ1) is 14.0. The van der Waals surface area contributed by atoms with Crippen LogP contribution < -0.4 is 15.5 Å². The lowest BCUT2D eigenvalue weighted by Crippen LogP contribution is -3.07. The Balaban J connectivity index is 1.70. The van der Waals surface area contributed by atoms with Crippen LogP contribution in [0.2, 0.25) is 0 Å². The first-order valence-electron chi connectivity index (χ1n) is 9.54. The van der Waals surface area contributed by atoms with E-state index in [9.17, 15) is 9.59 Å². The molecule has 7 heteroatoms. The molecule has 0 bridgehead atoms. The van der Waals surface area contributed by atoms with Crippen LogP contribution in [0.5, 0.6) is 0 Å². The lowest BCUT2D eigenvalue weighted by atomic mass is 10.0. The molecular weight excluding hydrogens is 370 g/mol. The van der Waals surface area contributed by atoms with E-state index in [4.69, 9.17) is 8.83 Å². The number of carbonyl (C=O) groups is 2. The van der Waals surface area contributed by atoms with Crippen LogP contribution in [0.3, 0.4) is 0 Å². The molecule has 2 atom stereocenters. The third-order valence-corrected chi connectivity index (χ3v) is 4.71. The Morgan fingerprint density at radius 2 is 1.69 bits per heavy atom. The summed E-state index contributed by atoms with van der Waals surface area (Å²) in [5.41, 5.74) is 0.952. The summed E-state index contributed by atoms with van der Waals surface area (Å²) in [6, 6.07) is 15.7. The molecule has 3 N–H and O–H groups in total. The number of benzene rings is 1. The molecule has 2 heterocycles. The van der Waals surface area contributed by atoms with Gasteiger partial charge in [-0.1, -0.05) is 30.3 Å². The zero-order valence-electron chi connectivity index (χ0n) is 16.6. The van der Waals surface area contributed by atoms with Crippen LogP contribution in [0.15, 0.2) is 76.0 Å². The van der Waals surface area contributed by atoms with Crippen LogP contribution in [0.4, 0.5) is 0 Å². The van der Waals surface area contributed by atoms with Crippen LogP contribution in [-0.2, 0) is 11.2 Å². The average Bonchev–Trinajstić information content (AvgIpc) is 3.42. The number of carbonyl (C=O) groups excluding carboxylic acids is 2. The standard InChI is InChI=1S/C22H25N3O4/c1-25(2)18(19-10-6-12-28-19)15-23-21(26)17(14-16-8-4-3-5-9-16)24-22(27)20-11-7-13-29-20/h3-13,17-18H,14-15H2,1-2H3,(H,23,26)(H,24,27)/p+1/t17-,18+/m0/s1. The Morgan fingerprint density at radius 1 is 0.966 bits per heavy atom. The predicted octanol–water partition coefficient (Wildman–Crippen LogP) is 1.22. The zero-order chi connectivity index (χ0) is 20.6. The highest BCUT2D eigenvalue weighted by Crippen LogP contribution is 2.10. The molecule has 0 spiro atoms. The highest BCUT2D eigenvalue weighted by Gasteiger charge is 2.26. The number of hydrogen-bond donors (Lipinski definition) is 3. The molecule has 29 heavy (non-hydrogen) atoms. The quantitative estimate of drug-likeness (QED) is 0.507. The van der Waals surface area contributed by atoms with Crippen molar-refractivity contribution >= 4 is 11.8 Å². The Kier molecular flexibility index (Phi) is 6.86. The maximum atomic E-state index is 13.0. The normalized spacial score (nSPS) is 13.1. The third-order valence-electron chi connectivity index (χ3n) is 4.71. The maximum absolute atomic E-state index is 13.0. The second-order valence-corrected chi connectivity index (χ2v) is 7.08. The summed E-state index contributed by atoms with van der Waals surface area (Å²) >= 11 is 0. The molecule has 3 rings (SSSR count). The maximum Gasteiger partial charge on any atom is 0.287 e. The highest BCUT2D eigenvalue weighted by atomic mass is 16.3. The van der Waals surface area contributed by atoms with Gasteiger partial charge in [-0.3, -0.25) is 9.59 Å². The topological polar surface area (TPSA) is 88.9 Å². The van der Waals surface area contributed by atoms with Crippen LogP contribution in [-0.4, -0.2) is 38.5 Å². The molecule has 0 saturated carbocycles. The van der Waals surface area contributed by atoms with Gasteiger partial charge < -0.3 is 24.4 Å². The molecule has 1 aromatic carbocycles. The van der Waals surface area contributed by atoms with E-state index in [1.807, 2.05) is 56.6 Å². The van der Waals surface area contributed by atoms with Gasteiger partial charge in [0, 0.05) is 6.42 Å². The highest BCUT2D eigenvalue weighted by molar-refractivity contribution is 5.95. The Bertz CT molecular complexity index is 890. The summed E-state index contributed by atoms with van der Waals surface area (Å²) in [6.07, 6.45) is 3.42. The number of quaternary nitrogens is 1. The van der Waals surface area contributed by atoms with E-state index in [1.165, 1.54) is 6.26 Å². The number of furan rings is 2. The van der Waals surface area contributed by atoms with Gasteiger partial charge in [0.25, 0.3) is 5.91 Å². The Hall–Kier alpha value is -3.32.